The first-order chi connectivity index (χ1) is 19.4. The summed E-state index contributed by atoms with van der Waals surface area (Å²) in [4.78, 5) is 29.0. The minimum Gasteiger partial charge on any atom is -0.454 e. The van der Waals surface area contributed by atoms with E-state index in [0.29, 0.717) is 84.9 Å². The quantitative estimate of drug-likeness (QED) is 0.513. The van der Waals surface area contributed by atoms with Gasteiger partial charge in [0.05, 0.1) is 30.2 Å². The number of carbonyl (C=O) groups excluding carboxylic acids is 1. The van der Waals surface area contributed by atoms with Crippen LogP contribution in [-0.2, 0) is 4.74 Å². The maximum atomic E-state index is 15.8. The molecule has 2 aromatic carbocycles. The fraction of sp³-hybridized carbons (Fsp3) is 0.414. The van der Waals surface area contributed by atoms with Gasteiger partial charge in [-0.15, -0.1) is 0 Å². The van der Waals surface area contributed by atoms with Crippen molar-refractivity contribution < 1.29 is 23.4 Å². The molecular formula is C29H33FN6O4. The summed E-state index contributed by atoms with van der Waals surface area (Å²) >= 11 is 0. The Hall–Kier alpha value is -3.96. The van der Waals surface area contributed by atoms with E-state index in [2.05, 4.69) is 46.0 Å². The number of nitrogens with zero attached hydrogens (tertiary/aromatic N) is 5. The van der Waals surface area contributed by atoms with E-state index in [9.17, 15) is 4.79 Å². The van der Waals surface area contributed by atoms with Crippen LogP contribution in [0.2, 0.25) is 0 Å². The summed E-state index contributed by atoms with van der Waals surface area (Å²) in [5.74, 6) is 0.727. The number of hydrogen-bond acceptors (Lipinski definition) is 9. The zero-order valence-electron chi connectivity index (χ0n) is 22.9. The summed E-state index contributed by atoms with van der Waals surface area (Å²) in [7, 11) is 2.09. The largest absolute Gasteiger partial charge is 0.454 e. The van der Waals surface area contributed by atoms with Gasteiger partial charge in [0.25, 0.3) is 5.91 Å². The Labute approximate surface area is 232 Å². The van der Waals surface area contributed by atoms with Crippen molar-refractivity contribution >= 4 is 23.2 Å². The van der Waals surface area contributed by atoms with Gasteiger partial charge >= 0.3 is 0 Å². The first-order valence-electron chi connectivity index (χ1n) is 13.5. The molecule has 2 unspecified atom stereocenters. The number of fused-ring (bicyclic) bond motifs is 1. The van der Waals surface area contributed by atoms with E-state index in [1.54, 1.807) is 36.7 Å². The Bertz CT molecular complexity index is 1390. The standard InChI is InChI=1S/C29H33FN6O4/c1-18-15-36(16-19(2)34(18)3)25-12-23(30)22(20-13-31-29(32-14-20)35-7-9-38-10-8-35)11-24(25)33-28(37)21-5-4-6-26-27(21)40-17-39-26/h4-6,11-14,18-19H,7-10,15-17H2,1-3H3,(H,33,37). The zero-order chi connectivity index (χ0) is 27.8. The number of piperazine rings is 1. The van der Waals surface area contributed by atoms with Gasteiger partial charge < -0.3 is 29.3 Å². The number of aromatic nitrogens is 2. The molecule has 2 saturated heterocycles. The molecule has 1 amide bonds. The molecule has 6 rings (SSSR count). The molecule has 3 aromatic rings. The number of nitrogens with one attached hydrogen (secondary N) is 1. The highest BCUT2D eigenvalue weighted by Gasteiger charge is 2.30. The van der Waals surface area contributed by atoms with E-state index in [4.69, 9.17) is 14.2 Å². The van der Waals surface area contributed by atoms with Crippen molar-refractivity contribution in [2.45, 2.75) is 25.9 Å². The van der Waals surface area contributed by atoms with Gasteiger partial charge in [-0.1, -0.05) is 6.07 Å². The number of anilines is 3. The molecule has 4 heterocycles. The van der Waals surface area contributed by atoms with Gasteiger partial charge in [0.1, 0.15) is 5.82 Å². The summed E-state index contributed by atoms with van der Waals surface area (Å²) in [5.41, 5.74) is 2.30. The van der Waals surface area contributed by atoms with Gasteiger partial charge in [0.15, 0.2) is 11.5 Å². The molecule has 2 fully saturated rings. The van der Waals surface area contributed by atoms with Gasteiger partial charge in [-0.3, -0.25) is 9.69 Å². The number of para-hydroxylation sites is 1. The van der Waals surface area contributed by atoms with Crippen molar-refractivity contribution in [1.29, 1.82) is 0 Å². The number of carbonyl (C=O) groups is 1. The lowest BCUT2D eigenvalue weighted by Gasteiger charge is -2.44. The van der Waals surface area contributed by atoms with E-state index in [-0.39, 0.29) is 24.8 Å². The summed E-state index contributed by atoms with van der Waals surface area (Å²) < 4.78 is 32.2. The third-order valence-electron chi connectivity index (χ3n) is 7.92. The summed E-state index contributed by atoms with van der Waals surface area (Å²) in [6.07, 6.45) is 3.24. The topological polar surface area (TPSA) is 92.3 Å². The van der Waals surface area contributed by atoms with Crippen LogP contribution in [0.4, 0.5) is 21.7 Å². The summed E-state index contributed by atoms with van der Waals surface area (Å²) in [6.45, 7) is 8.38. The molecule has 1 N–H and O–H groups in total. The second-order valence-corrected chi connectivity index (χ2v) is 10.5. The molecule has 10 nitrogen and oxygen atoms in total. The highest BCUT2D eigenvalue weighted by Crippen LogP contribution is 2.38. The van der Waals surface area contributed by atoms with Crippen LogP contribution in [-0.4, -0.2) is 86.1 Å². The van der Waals surface area contributed by atoms with Crippen LogP contribution in [0.1, 0.15) is 24.2 Å². The number of amides is 1. The Morgan fingerprint density at radius 3 is 2.48 bits per heavy atom. The van der Waals surface area contributed by atoms with Crippen molar-refractivity contribution in [3.05, 3.63) is 54.1 Å². The highest BCUT2D eigenvalue weighted by atomic mass is 19.1. The SMILES string of the molecule is CC1CN(c2cc(F)c(-c3cnc(N4CCOCC4)nc3)cc2NC(=O)c2cccc3c2OCO3)CC(C)N1C. The van der Waals surface area contributed by atoms with Gasteiger partial charge in [0.2, 0.25) is 12.7 Å². The van der Waals surface area contributed by atoms with Gasteiger partial charge in [-0.2, -0.15) is 0 Å². The molecule has 0 radical (unpaired) electrons. The second kappa shape index (κ2) is 10.9. The first kappa shape index (κ1) is 26.3. The van der Waals surface area contributed by atoms with E-state index >= 15 is 4.39 Å². The number of halogens is 1. The van der Waals surface area contributed by atoms with Gasteiger partial charge in [-0.05, 0) is 45.2 Å². The van der Waals surface area contributed by atoms with E-state index in [1.807, 2.05) is 4.90 Å². The number of benzene rings is 2. The monoisotopic (exact) mass is 548 g/mol. The predicted molar refractivity (Wildman–Crippen MR) is 150 cm³/mol. The molecule has 1 aromatic heterocycles. The lowest BCUT2D eigenvalue weighted by molar-refractivity contribution is 0.102. The third-order valence-corrected chi connectivity index (χ3v) is 7.92. The number of hydrogen-bond donors (Lipinski definition) is 1. The van der Waals surface area contributed by atoms with Crippen molar-refractivity contribution in [3.63, 3.8) is 0 Å². The normalized spacial score (nSPS) is 21.0. The van der Waals surface area contributed by atoms with Crippen LogP contribution in [0.3, 0.4) is 0 Å². The molecule has 0 saturated carbocycles. The Balaban J connectivity index is 1.36. The van der Waals surface area contributed by atoms with E-state index in [0.717, 1.165) is 0 Å². The predicted octanol–water partition coefficient (Wildman–Crippen LogP) is 3.63. The van der Waals surface area contributed by atoms with Crippen molar-refractivity contribution in [2.24, 2.45) is 0 Å². The molecule has 40 heavy (non-hydrogen) atoms. The van der Waals surface area contributed by atoms with E-state index < -0.39 is 5.82 Å². The maximum absolute atomic E-state index is 15.8. The number of morpholine rings is 1. The summed E-state index contributed by atoms with van der Waals surface area (Å²) in [6, 6.07) is 8.86. The van der Waals surface area contributed by atoms with Crippen LogP contribution in [0.25, 0.3) is 11.1 Å². The molecule has 0 spiro atoms. The van der Waals surface area contributed by atoms with Crippen LogP contribution in [0.5, 0.6) is 11.5 Å². The molecule has 3 aliphatic rings. The number of likely N-dealkylation sites (N-methyl/N-ethyl adjacent to an activating group) is 1. The van der Waals surface area contributed by atoms with E-state index in [1.165, 1.54) is 6.07 Å². The van der Waals surface area contributed by atoms with Gasteiger partial charge in [0, 0.05) is 61.8 Å². The maximum Gasteiger partial charge on any atom is 0.259 e. The van der Waals surface area contributed by atoms with Crippen LogP contribution in [0.15, 0.2) is 42.7 Å². The molecule has 210 valence electrons. The Morgan fingerprint density at radius 1 is 1.02 bits per heavy atom. The molecule has 0 aliphatic carbocycles. The van der Waals surface area contributed by atoms with Crippen molar-refractivity contribution in [2.75, 3.05) is 68.4 Å². The molecule has 11 heteroatoms. The minimum absolute atomic E-state index is 0.0586. The molecule has 3 aliphatic heterocycles. The fourth-order valence-corrected chi connectivity index (χ4v) is 5.43. The van der Waals surface area contributed by atoms with Gasteiger partial charge in [-0.25, -0.2) is 14.4 Å². The molecular weight excluding hydrogens is 515 g/mol. The van der Waals surface area contributed by atoms with Crippen molar-refractivity contribution in [1.82, 2.24) is 14.9 Å². The van der Waals surface area contributed by atoms with Crippen LogP contribution < -0.4 is 24.6 Å². The lowest BCUT2D eigenvalue weighted by atomic mass is 10.0. The Morgan fingerprint density at radius 2 is 1.75 bits per heavy atom. The second-order valence-electron chi connectivity index (χ2n) is 10.5. The summed E-state index contributed by atoms with van der Waals surface area (Å²) in [5, 5.41) is 3.04. The minimum atomic E-state index is -0.410. The molecule has 0 bridgehead atoms. The average molecular weight is 549 g/mol. The van der Waals surface area contributed by atoms with Crippen LogP contribution in [0, 0.1) is 5.82 Å². The molecule has 2 atom stereocenters. The third kappa shape index (κ3) is 5.02. The zero-order valence-corrected chi connectivity index (χ0v) is 22.9. The lowest BCUT2D eigenvalue weighted by Crippen LogP contribution is -2.55. The number of rotatable bonds is 5. The fourth-order valence-electron chi connectivity index (χ4n) is 5.43. The average Bonchev–Trinajstić information content (AvgIpc) is 3.46. The first-order valence-corrected chi connectivity index (χ1v) is 13.5. The van der Waals surface area contributed by atoms with Crippen LogP contribution >= 0.6 is 0 Å². The number of ether oxygens (including phenoxy) is 3. The Kier molecular flexibility index (Phi) is 7.16. The van der Waals surface area contributed by atoms with Crippen molar-refractivity contribution in [3.8, 4) is 22.6 Å². The highest BCUT2D eigenvalue weighted by molar-refractivity contribution is 6.08. The smallest absolute Gasteiger partial charge is 0.259 e.